The summed E-state index contributed by atoms with van der Waals surface area (Å²) in [6.45, 7) is 7.95. The van der Waals surface area contributed by atoms with E-state index in [1.165, 1.54) is 5.56 Å². The molecule has 2 aliphatic rings. The maximum atomic E-state index is 9.16. The molecule has 152 valence electrons. The van der Waals surface area contributed by atoms with E-state index < -0.39 is 0 Å². The fourth-order valence-electron chi connectivity index (χ4n) is 4.54. The van der Waals surface area contributed by atoms with Crippen LogP contribution in [0.15, 0.2) is 54.6 Å². The summed E-state index contributed by atoms with van der Waals surface area (Å²) in [5.41, 5.74) is 3.24. The highest BCUT2D eigenvalue weighted by molar-refractivity contribution is 5.49. The molecule has 0 atom stereocenters. The van der Waals surface area contributed by atoms with E-state index in [0.29, 0.717) is 5.56 Å². The molecule has 2 saturated heterocycles. The number of hydrogen-bond donors (Lipinski definition) is 1. The van der Waals surface area contributed by atoms with E-state index in [1.807, 2.05) is 24.3 Å². The number of rotatable bonds is 6. The van der Waals surface area contributed by atoms with Crippen molar-refractivity contribution in [1.82, 2.24) is 9.80 Å². The molecule has 2 aromatic carbocycles. The lowest BCUT2D eigenvalue weighted by molar-refractivity contribution is -0.0413. The minimum atomic E-state index is 0.125. The van der Waals surface area contributed by atoms with E-state index in [0.717, 1.165) is 71.0 Å². The van der Waals surface area contributed by atoms with Crippen molar-refractivity contribution < 1.29 is 4.74 Å². The third-order valence-corrected chi connectivity index (χ3v) is 6.33. The van der Waals surface area contributed by atoms with Crippen molar-refractivity contribution in [3.63, 3.8) is 0 Å². The Morgan fingerprint density at radius 3 is 2.45 bits per heavy atom. The Morgan fingerprint density at radius 2 is 1.72 bits per heavy atom. The van der Waals surface area contributed by atoms with Gasteiger partial charge in [-0.15, -0.1) is 0 Å². The number of anilines is 1. The molecule has 2 aromatic rings. The molecule has 29 heavy (non-hydrogen) atoms. The van der Waals surface area contributed by atoms with Crippen molar-refractivity contribution in [3.8, 4) is 6.07 Å². The highest BCUT2D eigenvalue weighted by atomic mass is 16.5. The van der Waals surface area contributed by atoms with Crippen LogP contribution in [0, 0.1) is 11.3 Å². The van der Waals surface area contributed by atoms with Gasteiger partial charge in [0.1, 0.15) is 0 Å². The van der Waals surface area contributed by atoms with Gasteiger partial charge in [0.25, 0.3) is 0 Å². The number of nitrogens with zero attached hydrogens (tertiary/aromatic N) is 3. The van der Waals surface area contributed by atoms with E-state index in [9.17, 15) is 0 Å². The van der Waals surface area contributed by atoms with E-state index in [4.69, 9.17) is 10.00 Å². The molecule has 0 radical (unpaired) electrons. The molecular formula is C24H30N4O. The van der Waals surface area contributed by atoms with Gasteiger partial charge in [-0.05, 0) is 36.6 Å². The predicted molar refractivity (Wildman–Crippen MR) is 116 cm³/mol. The first-order chi connectivity index (χ1) is 14.3. The molecule has 2 aliphatic heterocycles. The Balaban J connectivity index is 1.38. The number of piperazine rings is 1. The molecule has 5 nitrogen and oxygen atoms in total. The average Bonchev–Trinajstić information content (AvgIpc) is 2.80. The maximum Gasteiger partial charge on any atom is 0.0992 e. The van der Waals surface area contributed by atoms with Crippen LogP contribution in [0.25, 0.3) is 0 Å². The lowest BCUT2D eigenvalue weighted by Crippen LogP contribution is -2.61. The highest BCUT2D eigenvalue weighted by Gasteiger charge is 2.39. The third-order valence-electron chi connectivity index (χ3n) is 6.33. The van der Waals surface area contributed by atoms with Gasteiger partial charge in [-0.2, -0.15) is 5.26 Å². The average molecular weight is 391 g/mol. The molecule has 1 N–H and O–H groups in total. The first-order valence-electron chi connectivity index (χ1n) is 10.6. The lowest BCUT2D eigenvalue weighted by Gasteiger charge is -2.50. The van der Waals surface area contributed by atoms with Gasteiger partial charge < -0.3 is 10.1 Å². The van der Waals surface area contributed by atoms with Gasteiger partial charge in [-0.25, -0.2) is 0 Å². The van der Waals surface area contributed by atoms with E-state index >= 15 is 0 Å². The minimum absolute atomic E-state index is 0.125. The molecule has 2 fully saturated rings. The monoisotopic (exact) mass is 390 g/mol. The number of benzene rings is 2. The first kappa shape index (κ1) is 19.9. The van der Waals surface area contributed by atoms with Crippen LogP contribution < -0.4 is 5.32 Å². The maximum absolute atomic E-state index is 9.16. The summed E-state index contributed by atoms with van der Waals surface area (Å²) >= 11 is 0. The Bertz CT molecular complexity index is 818. The molecule has 0 saturated carbocycles. The Hall–Kier alpha value is -2.39. The zero-order valence-corrected chi connectivity index (χ0v) is 17.0. The van der Waals surface area contributed by atoms with Gasteiger partial charge in [0.15, 0.2) is 0 Å². The largest absolute Gasteiger partial charge is 0.383 e. The molecule has 0 spiro atoms. The van der Waals surface area contributed by atoms with Gasteiger partial charge in [0.2, 0.25) is 0 Å². The zero-order valence-electron chi connectivity index (χ0n) is 17.0. The number of ether oxygens (including phenoxy) is 1. The van der Waals surface area contributed by atoms with Gasteiger partial charge >= 0.3 is 0 Å². The summed E-state index contributed by atoms with van der Waals surface area (Å²) in [7, 11) is 0. The smallest absolute Gasteiger partial charge is 0.0992 e. The fraction of sp³-hybridized carbons (Fsp3) is 0.458. The highest BCUT2D eigenvalue weighted by Crippen LogP contribution is 2.30. The standard InChI is InChI=1S/C24H30N4O/c25-18-22-7-4-8-23(17-22)26-20-24(9-15-29-16-10-24)28-13-11-27(12-14-28)19-21-5-2-1-3-6-21/h1-8,17,26H,9-16,19-20H2. The van der Waals surface area contributed by atoms with Gasteiger partial charge in [0.05, 0.1) is 11.6 Å². The van der Waals surface area contributed by atoms with Crippen LogP contribution in [-0.2, 0) is 11.3 Å². The van der Waals surface area contributed by atoms with Crippen LogP contribution in [0.2, 0.25) is 0 Å². The summed E-state index contributed by atoms with van der Waals surface area (Å²) in [6.07, 6.45) is 2.10. The molecule has 4 rings (SSSR count). The molecule has 0 aromatic heterocycles. The Morgan fingerprint density at radius 1 is 0.966 bits per heavy atom. The quantitative estimate of drug-likeness (QED) is 0.820. The molecule has 0 amide bonds. The van der Waals surface area contributed by atoms with Crippen molar-refractivity contribution in [2.45, 2.75) is 24.9 Å². The van der Waals surface area contributed by atoms with E-state index in [1.54, 1.807) is 0 Å². The Labute approximate surface area is 173 Å². The fourth-order valence-corrected chi connectivity index (χ4v) is 4.54. The molecule has 2 heterocycles. The molecule has 0 bridgehead atoms. The summed E-state index contributed by atoms with van der Waals surface area (Å²) in [5.74, 6) is 0. The van der Waals surface area contributed by atoms with Crippen LogP contribution in [0.3, 0.4) is 0 Å². The number of nitrogens with one attached hydrogen (secondary N) is 1. The molecule has 0 unspecified atom stereocenters. The van der Waals surface area contributed by atoms with Crippen LogP contribution in [0.4, 0.5) is 5.69 Å². The van der Waals surface area contributed by atoms with Crippen molar-refractivity contribution in [3.05, 3.63) is 65.7 Å². The zero-order chi connectivity index (χ0) is 19.9. The van der Waals surface area contributed by atoms with Crippen LogP contribution in [-0.4, -0.2) is 61.3 Å². The van der Waals surface area contributed by atoms with Gasteiger partial charge in [-0.3, -0.25) is 9.80 Å². The van der Waals surface area contributed by atoms with Crippen LogP contribution >= 0.6 is 0 Å². The first-order valence-corrected chi connectivity index (χ1v) is 10.6. The molecule has 5 heteroatoms. The van der Waals surface area contributed by atoms with Crippen molar-refractivity contribution in [1.29, 1.82) is 5.26 Å². The summed E-state index contributed by atoms with van der Waals surface area (Å²) in [6, 6.07) is 20.8. The topological polar surface area (TPSA) is 51.5 Å². The lowest BCUT2D eigenvalue weighted by atomic mass is 9.87. The summed E-state index contributed by atoms with van der Waals surface area (Å²) in [5, 5.41) is 12.8. The second-order valence-electron chi connectivity index (χ2n) is 8.13. The summed E-state index contributed by atoms with van der Waals surface area (Å²) < 4.78 is 5.70. The second kappa shape index (κ2) is 9.41. The van der Waals surface area contributed by atoms with Crippen molar-refractivity contribution >= 4 is 5.69 Å². The van der Waals surface area contributed by atoms with Gasteiger partial charge in [0, 0.05) is 63.7 Å². The second-order valence-corrected chi connectivity index (χ2v) is 8.13. The molecule has 0 aliphatic carbocycles. The van der Waals surface area contributed by atoms with Crippen LogP contribution in [0.1, 0.15) is 24.0 Å². The molecular weight excluding hydrogens is 360 g/mol. The Kier molecular flexibility index (Phi) is 6.46. The number of hydrogen-bond acceptors (Lipinski definition) is 5. The number of nitriles is 1. The van der Waals surface area contributed by atoms with Crippen molar-refractivity contribution in [2.24, 2.45) is 0 Å². The van der Waals surface area contributed by atoms with Crippen molar-refractivity contribution in [2.75, 3.05) is 51.3 Å². The predicted octanol–water partition coefficient (Wildman–Crippen LogP) is 3.34. The van der Waals surface area contributed by atoms with Crippen LogP contribution in [0.5, 0.6) is 0 Å². The minimum Gasteiger partial charge on any atom is -0.383 e. The SMILES string of the molecule is N#Cc1cccc(NCC2(N3CCN(Cc4ccccc4)CC3)CCOCC2)c1. The third kappa shape index (κ3) is 4.97. The van der Waals surface area contributed by atoms with Gasteiger partial charge in [-0.1, -0.05) is 36.4 Å². The normalized spacial score (nSPS) is 20.1. The summed E-state index contributed by atoms with van der Waals surface area (Å²) in [4.78, 5) is 5.24. The van der Waals surface area contributed by atoms with E-state index in [2.05, 4.69) is 51.5 Å². The van der Waals surface area contributed by atoms with E-state index in [-0.39, 0.29) is 5.54 Å².